The van der Waals surface area contributed by atoms with Crippen LogP contribution in [-0.4, -0.2) is 54.2 Å². The number of hydrogen-bond acceptors (Lipinski definition) is 7. The second-order valence-corrected chi connectivity index (χ2v) is 12.3. The van der Waals surface area contributed by atoms with Gasteiger partial charge in [-0.25, -0.2) is 14.2 Å². The number of rotatable bonds is 7. The molecule has 1 aromatic heterocycles. The number of ether oxygens (including phenoxy) is 2. The third-order valence-corrected chi connectivity index (χ3v) is 8.33. The van der Waals surface area contributed by atoms with E-state index in [-0.39, 0.29) is 38.9 Å². The van der Waals surface area contributed by atoms with Gasteiger partial charge in [-0.05, 0) is 41.7 Å². The number of amides is 2. The van der Waals surface area contributed by atoms with Crippen LogP contribution >= 0.6 is 11.6 Å². The molecule has 0 unspecified atom stereocenters. The molecule has 0 radical (unpaired) electrons. The molecule has 4 N–H and O–H groups in total. The molecular formula is C31H32ClFN4O6. The molecule has 5 rings (SSSR count). The van der Waals surface area contributed by atoms with Crippen molar-refractivity contribution >= 4 is 40.8 Å². The number of aromatic nitrogens is 1. The number of carbonyl (C=O) groups excluding carboxylic acids is 2. The van der Waals surface area contributed by atoms with E-state index in [0.717, 1.165) is 0 Å². The fourth-order valence-corrected chi connectivity index (χ4v) is 6.47. The van der Waals surface area contributed by atoms with Gasteiger partial charge in [0.2, 0.25) is 17.7 Å². The van der Waals surface area contributed by atoms with Gasteiger partial charge in [0.05, 0.1) is 42.2 Å². The lowest BCUT2D eigenvalue weighted by molar-refractivity contribution is -0.122. The van der Waals surface area contributed by atoms with Gasteiger partial charge in [-0.1, -0.05) is 44.5 Å². The Labute approximate surface area is 252 Å². The molecule has 3 heterocycles. The van der Waals surface area contributed by atoms with Gasteiger partial charge in [-0.3, -0.25) is 9.59 Å². The quantitative estimate of drug-likeness (QED) is 0.294. The van der Waals surface area contributed by atoms with Gasteiger partial charge in [0.25, 0.3) is 0 Å². The predicted molar refractivity (Wildman–Crippen MR) is 159 cm³/mol. The van der Waals surface area contributed by atoms with E-state index in [1.807, 2.05) is 20.8 Å². The second kappa shape index (κ2) is 11.1. The zero-order valence-electron chi connectivity index (χ0n) is 24.2. The van der Waals surface area contributed by atoms with E-state index in [2.05, 4.69) is 20.9 Å². The maximum atomic E-state index is 15.9. The molecular weight excluding hydrogens is 579 g/mol. The first kappa shape index (κ1) is 30.2. The van der Waals surface area contributed by atoms with E-state index in [4.69, 9.17) is 21.1 Å². The molecule has 1 spiro atoms. The maximum absolute atomic E-state index is 15.9. The number of nitrogens with one attached hydrogen (secondary N) is 3. The van der Waals surface area contributed by atoms with Crippen LogP contribution in [0.15, 0.2) is 48.7 Å². The average Bonchev–Trinajstić information content (AvgIpc) is 3.43. The van der Waals surface area contributed by atoms with E-state index in [9.17, 15) is 19.5 Å². The summed E-state index contributed by atoms with van der Waals surface area (Å²) in [6.45, 7) is 6.04. The normalized spacial score (nSPS) is 22.7. The largest absolute Gasteiger partial charge is 0.495 e. The highest BCUT2D eigenvalue weighted by Crippen LogP contribution is 2.57. The Balaban J connectivity index is 1.71. The Morgan fingerprint density at radius 2 is 1.91 bits per heavy atom. The highest BCUT2D eigenvalue weighted by Gasteiger charge is 2.66. The van der Waals surface area contributed by atoms with Crippen molar-refractivity contribution in [2.75, 3.05) is 24.9 Å². The number of aromatic carboxylic acids is 1. The third-order valence-electron chi connectivity index (χ3n) is 8.03. The summed E-state index contributed by atoms with van der Waals surface area (Å²) in [6.07, 6.45) is 1.97. The molecule has 226 valence electrons. The van der Waals surface area contributed by atoms with Crippen LogP contribution in [0.2, 0.25) is 5.02 Å². The second-order valence-electron chi connectivity index (χ2n) is 11.9. The number of benzene rings is 2. The van der Waals surface area contributed by atoms with Crippen LogP contribution in [0.1, 0.15) is 54.6 Å². The predicted octanol–water partition coefficient (Wildman–Crippen LogP) is 4.98. The van der Waals surface area contributed by atoms with Gasteiger partial charge >= 0.3 is 5.97 Å². The van der Waals surface area contributed by atoms with Gasteiger partial charge in [0, 0.05) is 29.8 Å². The zero-order chi connectivity index (χ0) is 31.3. The van der Waals surface area contributed by atoms with Crippen molar-refractivity contribution in [3.8, 4) is 11.6 Å². The maximum Gasteiger partial charge on any atom is 0.335 e. The van der Waals surface area contributed by atoms with Crippen LogP contribution in [0, 0.1) is 11.2 Å². The monoisotopic (exact) mass is 610 g/mol. The molecule has 3 aromatic rings. The standard InChI is InChI=1S/C31H32ClFN4O6/c1-30(2,3)13-22-31(17-14-34-23(43-5)12-20(17)36-29(31)41)24(16-7-6-8-18(32)25(16)33)26(37-22)27(38)35-19-10-9-15(28(39)40)11-21(19)42-4/h6-12,14,22,24,26,37H,13H2,1-5H3,(H,35,38)(H,36,41)(H,39,40)/t22-,24-,26+,31+/m0/s1. The van der Waals surface area contributed by atoms with Crippen LogP contribution in [0.3, 0.4) is 0 Å². The van der Waals surface area contributed by atoms with Gasteiger partial charge < -0.3 is 30.5 Å². The molecule has 2 aromatic carbocycles. The molecule has 2 aliphatic rings. The van der Waals surface area contributed by atoms with Crippen LogP contribution in [0.4, 0.5) is 15.8 Å². The summed E-state index contributed by atoms with van der Waals surface area (Å²) < 4.78 is 26.6. The number of carbonyl (C=O) groups is 3. The minimum Gasteiger partial charge on any atom is -0.495 e. The number of carboxylic acids is 1. The molecule has 4 atom stereocenters. The van der Waals surface area contributed by atoms with E-state index < -0.39 is 47.0 Å². The fourth-order valence-electron chi connectivity index (χ4n) is 6.29. The first-order valence-electron chi connectivity index (χ1n) is 13.6. The third kappa shape index (κ3) is 5.16. The summed E-state index contributed by atoms with van der Waals surface area (Å²) in [5, 5.41) is 18.4. The smallest absolute Gasteiger partial charge is 0.335 e. The first-order valence-corrected chi connectivity index (χ1v) is 14.0. The zero-order valence-corrected chi connectivity index (χ0v) is 25.0. The molecule has 2 amide bonds. The van der Waals surface area contributed by atoms with Crippen molar-refractivity contribution < 1.29 is 33.4 Å². The lowest BCUT2D eigenvalue weighted by Crippen LogP contribution is -2.49. The Bertz CT molecular complexity index is 1630. The number of nitrogens with zero attached hydrogens (tertiary/aromatic N) is 1. The molecule has 1 saturated heterocycles. The summed E-state index contributed by atoms with van der Waals surface area (Å²) in [5.41, 5.74) is -0.554. The van der Waals surface area contributed by atoms with Crippen molar-refractivity contribution in [2.24, 2.45) is 5.41 Å². The number of carboxylic acid groups (broad SMARTS) is 1. The molecule has 43 heavy (non-hydrogen) atoms. The van der Waals surface area contributed by atoms with Crippen molar-refractivity contribution in [1.82, 2.24) is 10.3 Å². The molecule has 0 aliphatic carbocycles. The molecule has 2 aliphatic heterocycles. The molecule has 0 bridgehead atoms. The summed E-state index contributed by atoms with van der Waals surface area (Å²) in [4.78, 5) is 44.3. The van der Waals surface area contributed by atoms with Crippen molar-refractivity contribution in [1.29, 1.82) is 0 Å². The fraction of sp³-hybridized carbons (Fsp3) is 0.355. The first-order chi connectivity index (χ1) is 20.3. The number of fused-ring (bicyclic) bond motifs is 2. The summed E-state index contributed by atoms with van der Waals surface area (Å²) in [5.74, 6) is -3.56. The summed E-state index contributed by atoms with van der Waals surface area (Å²) in [6, 6.07) is 8.37. The number of pyridine rings is 1. The molecule has 0 saturated carbocycles. The van der Waals surface area contributed by atoms with E-state index >= 15 is 4.39 Å². The topological polar surface area (TPSA) is 139 Å². The van der Waals surface area contributed by atoms with Gasteiger partial charge in [-0.2, -0.15) is 0 Å². The lowest BCUT2D eigenvalue weighted by atomic mass is 9.62. The Morgan fingerprint density at radius 1 is 1.16 bits per heavy atom. The van der Waals surface area contributed by atoms with Gasteiger partial charge in [-0.15, -0.1) is 0 Å². The van der Waals surface area contributed by atoms with Crippen molar-refractivity contribution in [3.05, 3.63) is 76.2 Å². The van der Waals surface area contributed by atoms with Crippen molar-refractivity contribution in [2.45, 2.75) is 50.6 Å². The molecule has 1 fully saturated rings. The van der Waals surface area contributed by atoms with E-state index in [0.29, 0.717) is 17.7 Å². The molecule has 12 heteroatoms. The van der Waals surface area contributed by atoms with Crippen LogP contribution < -0.4 is 25.4 Å². The van der Waals surface area contributed by atoms with Crippen molar-refractivity contribution in [3.63, 3.8) is 0 Å². The summed E-state index contributed by atoms with van der Waals surface area (Å²) in [7, 11) is 2.81. The Kier molecular flexibility index (Phi) is 7.82. The van der Waals surface area contributed by atoms with Gasteiger partial charge in [0.1, 0.15) is 17.0 Å². The average molecular weight is 611 g/mol. The minimum absolute atomic E-state index is 0.0286. The van der Waals surface area contributed by atoms with E-state index in [1.165, 1.54) is 50.7 Å². The number of halogens is 2. The Morgan fingerprint density at radius 3 is 2.56 bits per heavy atom. The highest BCUT2D eigenvalue weighted by molar-refractivity contribution is 6.30. The summed E-state index contributed by atoms with van der Waals surface area (Å²) >= 11 is 6.25. The van der Waals surface area contributed by atoms with E-state index in [1.54, 1.807) is 12.1 Å². The molecule has 10 nitrogen and oxygen atoms in total. The van der Waals surface area contributed by atoms with Crippen LogP contribution in [0.5, 0.6) is 11.6 Å². The van der Waals surface area contributed by atoms with Gasteiger partial charge in [0.15, 0.2) is 0 Å². The minimum atomic E-state index is -1.47. The highest BCUT2D eigenvalue weighted by atomic mass is 35.5. The number of hydrogen-bond donors (Lipinski definition) is 4. The Hall–Kier alpha value is -4.22. The van der Waals surface area contributed by atoms with Crippen LogP contribution in [-0.2, 0) is 15.0 Å². The lowest BCUT2D eigenvalue weighted by Gasteiger charge is -2.37. The van der Waals surface area contributed by atoms with Crippen LogP contribution in [0.25, 0.3) is 0 Å². The number of anilines is 2. The number of methoxy groups -OCH3 is 2. The SMILES string of the molecule is COc1cc2c(cn1)[C@@]1(C(=O)N2)[C@H](CC(C)(C)C)N[C@@H](C(=O)Nc2ccc(C(=O)O)cc2OC)[C@@H]1c1cccc(Cl)c1F.